The number of ether oxygens (including phenoxy) is 2. The average Bonchev–Trinajstić information content (AvgIpc) is 2.72. The zero-order valence-corrected chi connectivity index (χ0v) is 13.2. The highest BCUT2D eigenvalue weighted by molar-refractivity contribution is 4.88. The molecule has 4 atom stereocenters. The van der Waals surface area contributed by atoms with Gasteiger partial charge in [-0.2, -0.15) is 0 Å². The highest BCUT2D eigenvalue weighted by Gasteiger charge is 2.37. The molecular formula is C16H31NO2. The highest BCUT2D eigenvalue weighted by atomic mass is 16.5. The van der Waals surface area contributed by atoms with Crippen molar-refractivity contribution in [3.8, 4) is 0 Å². The van der Waals surface area contributed by atoms with Crippen molar-refractivity contribution in [2.45, 2.75) is 78.2 Å². The number of hydrogen-bond donors (Lipinski definition) is 1. The van der Waals surface area contributed by atoms with Gasteiger partial charge in [-0.3, -0.25) is 0 Å². The molecule has 0 bridgehead atoms. The molecule has 3 heteroatoms. The summed E-state index contributed by atoms with van der Waals surface area (Å²) in [5.41, 5.74) is 0.249. The van der Waals surface area contributed by atoms with Crippen molar-refractivity contribution in [1.29, 1.82) is 0 Å². The molecule has 0 aromatic carbocycles. The minimum absolute atomic E-state index is 0.249. The second-order valence-corrected chi connectivity index (χ2v) is 7.54. The Morgan fingerprint density at radius 1 is 1.11 bits per heavy atom. The molecule has 2 saturated heterocycles. The van der Waals surface area contributed by atoms with Gasteiger partial charge in [0.05, 0.1) is 18.3 Å². The van der Waals surface area contributed by atoms with Gasteiger partial charge < -0.3 is 14.8 Å². The summed E-state index contributed by atoms with van der Waals surface area (Å²) in [4.78, 5) is 0. The first-order chi connectivity index (χ1) is 8.86. The molecule has 3 nitrogen and oxygen atoms in total. The zero-order valence-electron chi connectivity index (χ0n) is 13.2. The molecule has 0 aromatic heterocycles. The van der Waals surface area contributed by atoms with E-state index in [9.17, 15) is 0 Å². The predicted molar refractivity (Wildman–Crippen MR) is 78.3 cm³/mol. The summed E-state index contributed by atoms with van der Waals surface area (Å²) in [6, 6.07) is 0.611. The van der Waals surface area contributed by atoms with E-state index in [1.165, 1.54) is 6.42 Å². The molecule has 0 aliphatic carbocycles. The van der Waals surface area contributed by atoms with Gasteiger partial charge in [-0.1, -0.05) is 20.8 Å². The van der Waals surface area contributed by atoms with E-state index in [1.807, 2.05) is 0 Å². The van der Waals surface area contributed by atoms with Crippen LogP contribution >= 0.6 is 0 Å². The van der Waals surface area contributed by atoms with Gasteiger partial charge in [0.1, 0.15) is 0 Å². The third-order valence-electron chi connectivity index (χ3n) is 4.43. The zero-order chi connectivity index (χ0) is 14.0. The summed E-state index contributed by atoms with van der Waals surface area (Å²) in [6.45, 7) is 13.2. The van der Waals surface area contributed by atoms with Crippen molar-refractivity contribution in [2.24, 2.45) is 11.3 Å². The highest BCUT2D eigenvalue weighted by Crippen LogP contribution is 2.34. The first-order valence-electron chi connectivity index (χ1n) is 7.86. The standard InChI is InChI=1S/C16H31NO2/c1-11-8-14(9-12(2)19-11)17-10-13-6-7-18-15(13)16(3,4)5/h11-15,17H,6-10H2,1-5H3/t11-,12-,13-,15+/m1/s1. The van der Waals surface area contributed by atoms with E-state index in [-0.39, 0.29) is 5.41 Å². The first kappa shape index (κ1) is 15.3. The van der Waals surface area contributed by atoms with Crippen LogP contribution in [0, 0.1) is 11.3 Å². The van der Waals surface area contributed by atoms with E-state index in [0.29, 0.717) is 30.3 Å². The minimum atomic E-state index is 0.249. The van der Waals surface area contributed by atoms with E-state index in [4.69, 9.17) is 9.47 Å². The van der Waals surface area contributed by atoms with Crippen molar-refractivity contribution < 1.29 is 9.47 Å². The Kier molecular flexibility index (Phi) is 4.91. The van der Waals surface area contributed by atoms with E-state index in [0.717, 1.165) is 26.0 Å². The van der Waals surface area contributed by atoms with Gasteiger partial charge in [-0.15, -0.1) is 0 Å². The quantitative estimate of drug-likeness (QED) is 0.854. The summed E-state index contributed by atoms with van der Waals surface area (Å²) >= 11 is 0. The SMILES string of the molecule is C[C@@H]1CC(NC[C@H]2CCO[C@@H]2C(C)(C)C)C[C@@H](C)O1. The Morgan fingerprint density at radius 3 is 2.32 bits per heavy atom. The van der Waals surface area contributed by atoms with Gasteiger partial charge in [0.15, 0.2) is 0 Å². The fourth-order valence-electron chi connectivity index (χ4n) is 3.69. The van der Waals surface area contributed by atoms with Crippen LogP contribution in [0.5, 0.6) is 0 Å². The Morgan fingerprint density at radius 2 is 1.74 bits per heavy atom. The summed E-state index contributed by atoms with van der Waals surface area (Å²) in [7, 11) is 0. The second-order valence-electron chi connectivity index (χ2n) is 7.54. The van der Waals surface area contributed by atoms with Crippen molar-refractivity contribution in [1.82, 2.24) is 5.32 Å². The molecule has 0 unspecified atom stereocenters. The maximum Gasteiger partial charge on any atom is 0.0664 e. The summed E-state index contributed by atoms with van der Waals surface area (Å²) in [6.07, 6.45) is 4.65. The third kappa shape index (κ3) is 4.17. The summed E-state index contributed by atoms with van der Waals surface area (Å²) in [5.74, 6) is 0.661. The third-order valence-corrected chi connectivity index (χ3v) is 4.43. The van der Waals surface area contributed by atoms with Crippen LogP contribution in [0.1, 0.15) is 53.9 Å². The molecule has 2 rings (SSSR count). The summed E-state index contributed by atoms with van der Waals surface area (Å²) in [5, 5.41) is 3.77. The van der Waals surface area contributed by atoms with Crippen LogP contribution in [0.2, 0.25) is 0 Å². The number of rotatable bonds is 3. The monoisotopic (exact) mass is 269 g/mol. The van der Waals surface area contributed by atoms with Gasteiger partial charge in [0.25, 0.3) is 0 Å². The smallest absolute Gasteiger partial charge is 0.0664 e. The van der Waals surface area contributed by atoms with Crippen molar-refractivity contribution in [3.05, 3.63) is 0 Å². The van der Waals surface area contributed by atoms with E-state index in [2.05, 4.69) is 39.9 Å². The average molecular weight is 269 g/mol. The lowest BCUT2D eigenvalue weighted by Crippen LogP contribution is -2.45. The fraction of sp³-hybridized carbons (Fsp3) is 1.00. The second kappa shape index (κ2) is 6.11. The lowest BCUT2D eigenvalue weighted by Gasteiger charge is -2.35. The Balaban J connectivity index is 1.81. The van der Waals surface area contributed by atoms with Crippen molar-refractivity contribution in [2.75, 3.05) is 13.2 Å². The van der Waals surface area contributed by atoms with Gasteiger partial charge in [-0.05, 0) is 38.5 Å². The summed E-state index contributed by atoms with van der Waals surface area (Å²) < 4.78 is 11.7. The van der Waals surface area contributed by atoms with Crippen LogP contribution in [-0.2, 0) is 9.47 Å². The minimum Gasteiger partial charge on any atom is -0.377 e. The molecular weight excluding hydrogens is 238 g/mol. The molecule has 0 saturated carbocycles. The molecule has 1 N–H and O–H groups in total. The molecule has 2 heterocycles. The normalized spacial score (nSPS) is 40.6. The Bertz CT molecular complexity index is 277. The molecule has 0 spiro atoms. The largest absolute Gasteiger partial charge is 0.377 e. The molecule has 0 radical (unpaired) electrons. The molecule has 2 fully saturated rings. The molecule has 0 aromatic rings. The fourth-order valence-corrected chi connectivity index (χ4v) is 3.69. The van der Waals surface area contributed by atoms with Crippen LogP contribution in [0.3, 0.4) is 0 Å². The van der Waals surface area contributed by atoms with Crippen molar-refractivity contribution in [3.63, 3.8) is 0 Å². The first-order valence-corrected chi connectivity index (χ1v) is 7.86. The molecule has 0 amide bonds. The number of nitrogens with one attached hydrogen (secondary N) is 1. The number of hydrogen-bond acceptors (Lipinski definition) is 3. The van der Waals surface area contributed by atoms with Crippen LogP contribution < -0.4 is 5.32 Å². The molecule has 19 heavy (non-hydrogen) atoms. The lowest BCUT2D eigenvalue weighted by molar-refractivity contribution is -0.0439. The van der Waals surface area contributed by atoms with Gasteiger partial charge >= 0.3 is 0 Å². The van der Waals surface area contributed by atoms with Crippen molar-refractivity contribution >= 4 is 0 Å². The topological polar surface area (TPSA) is 30.5 Å². The predicted octanol–water partition coefficient (Wildman–Crippen LogP) is 2.98. The van der Waals surface area contributed by atoms with Gasteiger partial charge in [0, 0.05) is 25.1 Å². The Hall–Kier alpha value is -0.120. The van der Waals surface area contributed by atoms with E-state index in [1.54, 1.807) is 0 Å². The Labute approximate surface area is 118 Å². The van der Waals surface area contributed by atoms with Crippen LogP contribution in [0.15, 0.2) is 0 Å². The van der Waals surface area contributed by atoms with Gasteiger partial charge in [0.2, 0.25) is 0 Å². The van der Waals surface area contributed by atoms with Crippen LogP contribution in [0.25, 0.3) is 0 Å². The molecule has 112 valence electrons. The molecule has 2 aliphatic heterocycles. The van der Waals surface area contributed by atoms with E-state index < -0.39 is 0 Å². The lowest BCUT2D eigenvalue weighted by atomic mass is 9.81. The maximum atomic E-state index is 5.95. The van der Waals surface area contributed by atoms with Gasteiger partial charge in [-0.25, -0.2) is 0 Å². The van der Waals surface area contributed by atoms with E-state index >= 15 is 0 Å². The maximum absolute atomic E-state index is 5.95. The van der Waals surface area contributed by atoms with Crippen LogP contribution in [-0.4, -0.2) is 37.5 Å². The molecule has 2 aliphatic rings. The van der Waals surface area contributed by atoms with Crippen LogP contribution in [0.4, 0.5) is 0 Å².